The lowest BCUT2D eigenvalue weighted by Crippen LogP contribution is -2.33. The summed E-state index contributed by atoms with van der Waals surface area (Å²) in [6.07, 6.45) is 3.05. The second-order valence-electron chi connectivity index (χ2n) is 6.28. The third-order valence-electron chi connectivity index (χ3n) is 4.59. The molecule has 3 aromatic rings. The molecule has 0 atom stereocenters. The largest absolute Gasteiger partial charge is 0.461 e. The van der Waals surface area contributed by atoms with Gasteiger partial charge in [0, 0.05) is 19.0 Å². The first-order valence-corrected chi connectivity index (χ1v) is 8.67. The second-order valence-corrected chi connectivity index (χ2v) is 6.28. The third kappa shape index (κ3) is 3.14. The Morgan fingerprint density at radius 2 is 2.19 bits per heavy atom. The Morgan fingerprint density at radius 3 is 2.96 bits per heavy atom. The van der Waals surface area contributed by atoms with E-state index in [2.05, 4.69) is 15.0 Å². The monoisotopic (exact) mass is 358 g/mol. The molecule has 0 unspecified atom stereocenters. The molecular weight excluding hydrogens is 339 g/mol. The molecule has 7 nitrogen and oxygen atoms in total. The number of hydrogen-bond donors (Lipinski definition) is 1. The summed E-state index contributed by atoms with van der Waals surface area (Å²) in [5, 5.41) is 0. The Hall–Kier alpha value is -2.90. The van der Waals surface area contributed by atoms with E-state index in [1.165, 1.54) is 18.4 Å². The number of fused-ring (bicyclic) bond motifs is 1. The number of anilines is 1. The van der Waals surface area contributed by atoms with Crippen LogP contribution < -0.4 is 4.90 Å². The SMILES string of the molecule is CCOC(=O)c1coc(N2CCC(c3nc4ccc(F)cc4[nH]3)CC2)n1. The molecule has 136 valence electrons. The van der Waals surface area contributed by atoms with Crippen molar-refractivity contribution >= 4 is 23.0 Å². The Morgan fingerprint density at radius 1 is 1.38 bits per heavy atom. The highest BCUT2D eigenvalue weighted by molar-refractivity contribution is 5.87. The van der Waals surface area contributed by atoms with Crippen molar-refractivity contribution in [3.05, 3.63) is 41.8 Å². The van der Waals surface area contributed by atoms with Gasteiger partial charge in [0.1, 0.15) is 17.9 Å². The zero-order valence-corrected chi connectivity index (χ0v) is 14.4. The number of hydrogen-bond acceptors (Lipinski definition) is 6. The van der Waals surface area contributed by atoms with Crippen molar-refractivity contribution in [1.29, 1.82) is 0 Å². The average Bonchev–Trinajstić information content (AvgIpc) is 3.29. The van der Waals surface area contributed by atoms with Crippen LogP contribution in [0, 0.1) is 5.82 Å². The highest BCUT2D eigenvalue weighted by atomic mass is 19.1. The lowest BCUT2D eigenvalue weighted by atomic mass is 9.96. The van der Waals surface area contributed by atoms with Crippen molar-refractivity contribution in [2.75, 3.05) is 24.6 Å². The van der Waals surface area contributed by atoms with Crippen molar-refractivity contribution in [3.8, 4) is 0 Å². The normalized spacial score (nSPS) is 15.5. The Bertz CT molecular complexity index is 928. The van der Waals surface area contributed by atoms with E-state index >= 15 is 0 Å². The van der Waals surface area contributed by atoms with E-state index in [0.29, 0.717) is 18.1 Å². The maximum atomic E-state index is 13.3. The fourth-order valence-corrected chi connectivity index (χ4v) is 3.25. The molecule has 1 aromatic carbocycles. The summed E-state index contributed by atoms with van der Waals surface area (Å²) >= 11 is 0. The minimum Gasteiger partial charge on any atom is -0.461 e. The van der Waals surface area contributed by atoms with E-state index in [1.54, 1.807) is 13.0 Å². The lowest BCUT2D eigenvalue weighted by molar-refractivity contribution is 0.0519. The fraction of sp³-hybridized carbons (Fsp3) is 0.389. The van der Waals surface area contributed by atoms with Crippen molar-refractivity contribution < 1.29 is 18.3 Å². The molecule has 2 aromatic heterocycles. The summed E-state index contributed by atoms with van der Waals surface area (Å²) in [5.41, 5.74) is 1.67. The van der Waals surface area contributed by atoms with Crippen LogP contribution >= 0.6 is 0 Å². The van der Waals surface area contributed by atoms with E-state index in [1.807, 2.05) is 4.90 Å². The maximum Gasteiger partial charge on any atom is 0.360 e. The molecule has 1 saturated heterocycles. The number of piperidine rings is 1. The van der Waals surface area contributed by atoms with Gasteiger partial charge in [-0.15, -0.1) is 0 Å². The van der Waals surface area contributed by atoms with Crippen molar-refractivity contribution in [2.45, 2.75) is 25.7 Å². The van der Waals surface area contributed by atoms with Gasteiger partial charge in [-0.2, -0.15) is 4.98 Å². The Balaban J connectivity index is 1.42. The zero-order chi connectivity index (χ0) is 18.1. The minimum absolute atomic E-state index is 0.184. The molecule has 1 N–H and O–H groups in total. The van der Waals surface area contributed by atoms with Crippen LogP contribution in [0.4, 0.5) is 10.4 Å². The summed E-state index contributed by atoms with van der Waals surface area (Å²) < 4.78 is 23.7. The number of ether oxygens (including phenoxy) is 1. The van der Waals surface area contributed by atoms with E-state index in [0.717, 1.165) is 37.3 Å². The number of aromatic amines is 1. The summed E-state index contributed by atoms with van der Waals surface area (Å²) in [4.78, 5) is 25.7. The van der Waals surface area contributed by atoms with Gasteiger partial charge in [-0.25, -0.2) is 14.2 Å². The van der Waals surface area contributed by atoms with E-state index in [-0.39, 0.29) is 17.4 Å². The smallest absolute Gasteiger partial charge is 0.360 e. The number of benzene rings is 1. The molecule has 1 fully saturated rings. The summed E-state index contributed by atoms with van der Waals surface area (Å²) in [6, 6.07) is 4.99. The number of esters is 1. The van der Waals surface area contributed by atoms with Gasteiger partial charge in [0.15, 0.2) is 5.69 Å². The number of carbonyl (C=O) groups excluding carboxylic acids is 1. The molecule has 0 bridgehead atoms. The summed E-state index contributed by atoms with van der Waals surface area (Å²) in [7, 11) is 0. The minimum atomic E-state index is -0.480. The standard InChI is InChI=1S/C18H19FN4O3/c1-2-25-17(24)15-10-26-18(22-15)23-7-5-11(6-8-23)16-20-13-4-3-12(19)9-14(13)21-16/h3-4,9-11H,2,5-8H2,1H3,(H,20,21). The molecule has 0 radical (unpaired) electrons. The molecule has 1 aliphatic heterocycles. The molecule has 0 aliphatic carbocycles. The molecule has 0 amide bonds. The van der Waals surface area contributed by atoms with Crippen LogP contribution in [-0.2, 0) is 4.74 Å². The van der Waals surface area contributed by atoms with Gasteiger partial charge in [-0.1, -0.05) is 0 Å². The summed E-state index contributed by atoms with van der Waals surface area (Å²) in [5.74, 6) is 0.391. The first-order chi connectivity index (χ1) is 12.6. The molecule has 26 heavy (non-hydrogen) atoms. The zero-order valence-electron chi connectivity index (χ0n) is 14.4. The quantitative estimate of drug-likeness (QED) is 0.721. The van der Waals surface area contributed by atoms with Crippen LogP contribution in [0.15, 0.2) is 28.9 Å². The number of oxazole rings is 1. The molecule has 1 aliphatic rings. The van der Waals surface area contributed by atoms with Crippen molar-refractivity contribution in [3.63, 3.8) is 0 Å². The Labute approximate surface area is 149 Å². The number of H-pyrrole nitrogens is 1. The van der Waals surface area contributed by atoms with Gasteiger partial charge in [0.25, 0.3) is 6.01 Å². The van der Waals surface area contributed by atoms with Crippen LogP contribution in [0.1, 0.15) is 42.0 Å². The summed E-state index contributed by atoms with van der Waals surface area (Å²) in [6.45, 7) is 3.52. The van der Waals surface area contributed by atoms with Gasteiger partial charge >= 0.3 is 5.97 Å². The van der Waals surface area contributed by atoms with Crippen molar-refractivity contribution in [2.24, 2.45) is 0 Å². The van der Waals surface area contributed by atoms with E-state index in [9.17, 15) is 9.18 Å². The lowest BCUT2D eigenvalue weighted by Gasteiger charge is -2.29. The van der Waals surface area contributed by atoms with Crippen LogP contribution in [0.3, 0.4) is 0 Å². The van der Waals surface area contributed by atoms with Gasteiger partial charge in [0.05, 0.1) is 17.6 Å². The Kier molecular flexibility index (Phi) is 4.32. The first kappa shape index (κ1) is 16.6. The van der Waals surface area contributed by atoms with E-state index in [4.69, 9.17) is 9.15 Å². The molecule has 3 heterocycles. The predicted molar refractivity (Wildman–Crippen MR) is 92.7 cm³/mol. The highest BCUT2D eigenvalue weighted by Crippen LogP contribution is 2.30. The molecule has 0 saturated carbocycles. The number of halogens is 1. The van der Waals surface area contributed by atoms with E-state index < -0.39 is 5.97 Å². The van der Waals surface area contributed by atoms with Crippen LogP contribution in [0.2, 0.25) is 0 Å². The highest BCUT2D eigenvalue weighted by Gasteiger charge is 2.26. The fourth-order valence-electron chi connectivity index (χ4n) is 3.25. The van der Waals surface area contributed by atoms with Crippen LogP contribution in [0.5, 0.6) is 0 Å². The van der Waals surface area contributed by atoms with Gasteiger partial charge in [0.2, 0.25) is 0 Å². The number of nitrogens with zero attached hydrogens (tertiary/aromatic N) is 3. The predicted octanol–water partition coefficient (Wildman–Crippen LogP) is 3.25. The first-order valence-electron chi connectivity index (χ1n) is 8.67. The molecule has 0 spiro atoms. The number of carbonyl (C=O) groups is 1. The number of imidazole rings is 1. The third-order valence-corrected chi connectivity index (χ3v) is 4.59. The molecule has 8 heteroatoms. The van der Waals surface area contributed by atoms with Gasteiger partial charge in [-0.3, -0.25) is 0 Å². The van der Waals surface area contributed by atoms with Crippen molar-refractivity contribution in [1.82, 2.24) is 15.0 Å². The maximum absolute atomic E-state index is 13.3. The number of rotatable bonds is 4. The molecular formula is C18H19FN4O3. The number of aromatic nitrogens is 3. The van der Waals surface area contributed by atoms with Crippen LogP contribution in [0.25, 0.3) is 11.0 Å². The number of nitrogens with one attached hydrogen (secondary N) is 1. The molecule has 4 rings (SSSR count). The second kappa shape index (κ2) is 6.78. The van der Waals surface area contributed by atoms with Gasteiger partial charge in [-0.05, 0) is 38.0 Å². The van der Waals surface area contributed by atoms with Gasteiger partial charge < -0.3 is 19.0 Å². The van der Waals surface area contributed by atoms with Crippen LogP contribution in [-0.4, -0.2) is 40.6 Å². The average molecular weight is 358 g/mol. The topological polar surface area (TPSA) is 84.2 Å².